The van der Waals surface area contributed by atoms with Gasteiger partial charge in [-0.25, -0.2) is 0 Å². The van der Waals surface area contributed by atoms with Gasteiger partial charge in [-0.3, -0.25) is 4.90 Å². The lowest BCUT2D eigenvalue weighted by Crippen LogP contribution is -2.31. The molecule has 1 aliphatic heterocycles. The van der Waals surface area contributed by atoms with E-state index in [1.807, 2.05) is 6.07 Å². The molecule has 2 N–H and O–H groups in total. The lowest BCUT2D eigenvalue weighted by atomic mass is 10.1. The predicted molar refractivity (Wildman–Crippen MR) is 82.3 cm³/mol. The third-order valence-electron chi connectivity index (χ3n) is 3.67. The molecule has 0 amide bonds. The van der Waals surface area contributed by atoms with Gasteiger partial charge in [-0.2, -0.15) is 0 Å². The van der Waals surface area contributed by atoms with Crippen molar-refractivity contribution < 1.29 is 4.74 Å². The van der Waals surface area contributed by atoms with Crippen molar-refractivity contribution in [2.45, 2.75) is 32.4 Å². The Kier molecular flexibility index (Phi) is 6.07. The molecule has 20 heavy (non-hydrogen) atoms. The molecular formula is C17H24N2O. The molecule has 2 rings (SSSR count). The third-order valence-corrected chi connectivity index (χ3v) is 3.67. The van der Waals surface area contributed by atoms with E-state index in [2.05, 4.69) is 41.9 Å². The highest BCUT2D eigenvalue weighted by atomic mass is 16.5. The van der Waals surface area contributed by atoms with Gasteiger partial charge >= 0.3 is 0 Å². The predicted octanol–water partition coefficient (Wildman–Crippen LogP) is 2.00. The number of nitrogens with two attached hydrogens (primary N) is 1. The van der Waals surface area contributed by atoms with Crippen molar-refractivity contribution in [3.63, 3.8) is 0 Å². The monoisotopic (exact) mass is 272 g/mol. The largest absolute Gasteiger partial charge is 0.377 e. The Morgan fingerprint density at radius 1 is 1.40 bits per heavy atom. The number of hydrogen-bond donors (Lipinski definition) is 1. The lowest BCUT2D eigenvalue weighted by Gasteiger charge is -2.24. The zero-order chi connectivity index (χ0) is 14.2. The van der Waals surface area contributed by atoms with E-state index in [9.17, 15) is 0 Å². The van der Waals surface area contributed by atoms with Crippen molar-refractivity contribution in [3.05, 3.63) is 35.4 Å². The summed E-state index contributed by atoms with van der Waals surface area (Å²) in [6.45, 7) is 6.48. The minimum atomic E-state index is 0.400. The van der Waals surface area contributed by atoms with Crippen molar-refractivity contribution in [2.75, 3.05) is 26.2 Å². The van der Waals surface area contributed by atoms with Crippen LogP contribution in [0.25, 0.3) is 0 Å². The topological polar surface area (TPSA) is 38.5 Å². The first-order valence-electron chi connectivity index (χ1n) is 7.44. The van der Waals surface area contributed by atoms with Crippen LogP contribution in [-0.4, -0.2) is 37.2 Å². The Morgan fingerprint density at radius 2 is 2.25 bits per heavy atom. The molecule has 1 aromatic carbocycles. The van der Waals surface area contributed by atoms with E-state index >= 15 is 0 Å². The van der Waals surface area contributed by atoms with E-state index in [1.165, 1.54) is 18.4 Å². The van der Waals surface area contributed by atoms with Gasteiger partial charge in [0.2, 0.25) is 0 Å². The quantitative estimate of drug-likeness (QED) is 0.833. The first kappa shape index (κ1) is 15.1. The molecule has 1 aliphatic rings. The standard InChI is InChI=1S/C17H24N2O/c1-2-19(14-17-10-6-12-20-17)13-16-8-4-3-7-15(16)9-5-11-18/h3-4,7-8,17H,2,6,10-14,18H2,1H3. The highest BCUT2D eigenvalue weighted by molar-refractivity contribution is 5.41. The highest BCUT2D eigenvalue weighted by Crippen LogP contribution is 2.16. The molecule has 0 spiro atoms. The maximum Gasteiger partial charge on any atom is 0.0702 e. The van der Waals surface area contributed by atoms with Crippen LogP contribution in [0.5, 0.6) is 0 Å². The van der Waals surface area contributed by atoms with E-state index in [-0.39, 0.29) is 0 Å². The summed E-state index contributed by atoms with van der Waals surface area (Å²) in [6, 6.07) is 8.32. The van der Waals surface area contributed by atoms with Crippen molar-refractivity contribution >= 4 is 0 Å². The summed E-state index contributed by atoms with van der Waals surface area (Å²) < 4.78 is 5.73. The van der Waals surface area contributed by atoms with Crippen molar-refractivity contribution in [3.8, 4) is 11.8 Å². The fourth-order valence-electron chi connectivity index (χ4n) is 2.55. The van der Waals surface area contributed by atoms with E-state index in [4.69, 9.17) is 10.5 Å². The average molecular weight is 272 g/mol. The molecule has 0 saturated carbocycles. The summed E-state index contributed by atoms with van der Waals surface area (Å²) in [4.78, 5) is 2.43. The van der Waals surface area contributed by atoms with Crippen LogP contribution < -0.4 is 5.73 Å². The van der Waals surface area contributed by atoms with Gasteiger partial charge in [0.1, 0.15) is 0 Å². The van der Waals surface area contributed by atoms with Crippen molar-refractivity contribution in [1.82, 2.24) is 4.90 Å². The summed E-state index contributed by atoms with van der Waals surface area (Å²) in [5.41, 5.74) is 7.82. The van der Waals surface area contributed by atoms with Crippen LogP contribution in [0.1, 0.15) is 30.9 Å². The van der Waals surface area contributed by atoms with E-state index < -0.39 is 0 Å². The van der Waals surface area contributed by atoms with Crippen LogP contribution >= 0.6 is 0 Å². The number of nitrogens with zero attached hydrogens (tertiary/aromatic N) is 1. The van der Waals surface area contributed by atoms with E-state index in [0.717, 1.165) is 31.8 Å². The number of ether oxygens (including phenoxy) is 1. The normalized spacial score (nSPS) is 18.1. The first-order valence-corrected chi connectivity index (χ1v) is 7.44. The minimum absolute atomic E-state index is 0.400. The molecule has 1 saturated heterocycles. The molecule has 3 nitrogen and oxygen atoms in total. The Bertz CT molecular complexity index is 469. The molecule has 0 aromatic heterocycles. The van der Waals surface area contributed by atoms with Gasteiger partial charge in [0.15, 0.2) is 0 Å². The number of rotatable bonds is 5. The zero-order valence-corrected chi connectivity index (χ0v) is 12.3. The summed E-state index contributed by atoms with van der Waals surface area (Å²) in [5.74, 6) is 6.11. The van der Waals surface area contributed by atoms with Gasteiger partial charge in [0.25, 0.3) is 0 Å². The molecule has 1 fully saturated rings. The number of benzene rings is 1. The van der Waals surface area contributed by atoms with Crippen LogP contribution in [0.3, 0.4) is 0 Å². The van der Waals surface area contributed by atoms with Crippen molar-refractivity contribution in [2.24, 2.45) is 5.73 Å². The maximum atomic E-state index is 5.73. The van der Waals surface area contributed by atoms with E-state index in [1.54, 1.807) is 0 Å². The SMILES string of the molecule is CCN(Cc1ccccc1C#CCN)CC1CCCO1. The summed E-state index contributed by atoms with van der Waals surface area (Å²) in [7, 11) is 0. The molecular weight excluding hydrogens is 248 g/mol. The highest BCUT2D eigenvalue weighted by Gasteiger charge is 2.18. The van der Waals surface area contributed by atoms with Gasteiger partial charge in [0, 0.05) is 25.3 Å². The van der Waals surface area contributed by atoms with Crippen molar-refractivity contribution in [1.29, 1.82) is 0 Å². The van der Waals surface area contributed by atoms with Gasteiger partial charge in [-0.1, -0.05) is 37.0 Å². The molecule has 0 radical (unpaired) electrons. The Hall–Kier alpha value is -1.34. The molecule has 0 bridgehead atoms. The van der Waals surface area contributed by atoms with Crippen LogP contribution in [0.2, 0.25) is 0 Å². The summed E-state index contributed by atoms with van der Waals surface area (Å²) in [5, 5.41) is 0. The molecule has 1 heterocycles. The molecule has 1 aromatic rings. The second kappa shape index (κ2) is 8.06. The Balaban J connectivity index is 2.02. The van der Waals surface area contributed by atoms with Gasteiger partial charge < -0.3 is 10.5 Å². The smallest absolute Gasteiger partial charge is 0.0702 e. The molecule has 108 valence electrons. The Morgan fingerprint density at radius 3 is 2.95 bits per heavy atom. The van der Waals surface area contributed by atoms with Crippen LogP contribution in [0.4, 0.5) is 0 Å². The summed E-state index contributed by atoms with van der Waals surface area (Å²) in [6.07, 6.45) is 2.78. The molecule has 1 unspecified atom stereocenters. The fraction of sp³-hybridized carbons (Fsp3) is 0.529. The average Bonchev–Trinajstić information content (AvgIpc) is 2.98. The molecule has 1 atom stereocenters. The van der Waals surface area contributed by atoms with Crippen LogP contribution in [0, 0.1) is 11.8 Å². The second-order valence-electron chi connectivity index (χ2n) is 5.13. The van der Waals surface area contributed by atoms with Gasteiger partial charge in [0.05, 0.1) is 12.6 Å². The third kappa shape index (κ3) is 4.35. The Labute approximate surface area is 122 Å². The lowest BCUT2D eigenvalue weighted by molar-refractivity contribution is 0.0724. The van der Waals surface area contributed by atoms with Gasteiger partial charge in [-0.05, 0) is 31.0 Å². The maximum absolute atomic E-state index is 5.73. The van der Waals surface area contributed by atoms with Crippen LogP contribution in [-0.2, 0) is 11.3 Å². The number of hydrogen-bond acceptors (Lipinski definition) is 3. The minimum Gasteiger partial charge on any atom is -0.377 e. The molecule has 0 aliphatic carbocycles. The number of likely N-dealkylation sites (N-methyl/N-ethyl adjacent to an activating group) is 1. The van der Waals surface area contributed by atoms with E-state index in [0.29, 0.717) is 12.6 Å². The first-order chi connectivity index (χ1) is 9.83. The molecule has 3 heteroatoms. The fourth-order valence-corrected chi connectivity index (χ4v) is 2.55. The van der Waals surface area contributed by atoms with Crippen LogP contribution in [0.15, 0.2) is 24.3 Å². The van der Waals surface area contributed by atoms with Gasteiger partial charge in [-0.15, -0.1) is 0 Å². The second-order valence-corrected chi connectivity index (χ2v) is 5.13. The zero-order valence-electron chi connectivity index (χ0n) is 12.3. The summed E-state index contributed by atoms with van der Waals surface area (Å²) >= 11 is 0.